The molecule has 61 heavy (non-hydrogen) atoms. The monoisotopic (exact) mass is 839 g/mol. The average molecular weight is 840 g/mol. The molecule has 0 spiro atoms. The van der Waals surface area contributed by atoms with Crippen LogP contribution in [0.5, 0.6) is 0 Å². The topological polar surface area (TPSA) is 123 Å². The summed E-state index contributed by atoms with van der Waals surface area (Å²) in [6.07, 6.45) is -1.32. The van der Waals surface area contributed by atoms with Crippen molar-refractivity contribution in [1.29, 1.82) is 0 Å². The Hall–Kier alpha value is -4.01. The third kappa shape index (κ3) is 14.5. The molecule has 2 saturated heterocycles. The molecule has 6 rings (SSSR count). The molecule has 1 amide bonds. The maximum absolute atomic E-state index is 12.9. The minimum atomic E-state index is -1.26. The molecule has 4 aromatic carbocycles. The van der Waals surface area contributed by atoms with Gasteiger partial charge in [0.05, 0.1) is 39.1 Å². The van der Waals surface area contributed by atoms with Gasteiger partial charge in [-0.25, -0.2) is 0 Å². The summed E-state index contributed by atoms with van der Waals surface area (Å²) in [5.41, 5.74) is 3.93. The van der Waals surface area contributed by atoms with Crippen molar-refractivity contribution >= 4 is 5.91 Å². The van der Waals surface area contributed by atoms with Crippen molar-refractivity contribution in [1.82, 2.24) is 5.32 Å². The molecule has 2 N–H and O–H groups in total. The number of ether oxygens (including phenoxy) is 8. The number of hydrogen-bond acceptors (Lipinski definition) is 10. The van der Waals surface area contributed by atoms with E-state index in [-0.39, 0.29) is 25.7 Å². The van der Waals surface area contributed by atoms with Gasteiger partial charge in [0, 0.05) is 13.5 Å². The maximum atomic E-state index is 12.9. The lowest BCUT2D eigenvalue weighted by Gasteiger charge is -2.49. The SMILES string of the molecule is CCCCCCCCO[C@@H]1O[C@H](COCc2ccccc2)[C@@H](O)[C@H](O[C@@H]2O[C@@H](C)[C@@H](OCc3ccccc3)[C@@H](OCc3ccccc3)[C@@H]2OCc2ccccc2)[C@H]1NC(C)=O. The first-order valence-corrected chi connectivity index (χ1v) is 22.0. The Bertz CT molecular complexity index is 1790. The number of rotatable bonds is 24. The standard InChI is InChI=1S/C50H65NO10/c1-4-5-6-7-8-21-30-55-49-43(51-37(3)52)46(44(53)42(60-49)35-54-31-38-22-13-9-14-23-38)61-50-48(58-34-41-28-19-12-20-29-41)47(57-33-40-26-17-11-18-27-40)45(36(2)59-50)56-32-39-24-15-10-16-25-39/h9-20,22-29,36,42-50,53H,4-8,21,30-35H2,1-3H3,(H,51,52)/t36-,42+,43+,44+,45+,46+,47+,48-,49+,50-/m0/s1. The van der Waals surface area contributed by atoms with Crippen LogP contribution in [0.2, 0.25) is 0 Å². The number of carbonyl (C=O) groups is 1. The molecule has 0 saturated carbocycles. The molecule has 0 aliphatic carbocycles. The summed E-state index contributed by atoms with van der Waals surface area (Å²) in [5.74, 6) is -0.324. The summed E-state index contributed by atoms with van der Waals surface area (Å²) in [6.45, 7) is 7.17. The van der Waals surface area contributed by atoms with Gasteiger partial charge in [-0.2, -0.15) is 0 Å². The summed E-state index contributed by atoms with van der Waals surface area (Å²) in [7, 11) is 0. The van der Waals surface area contributed by atoms with Gasteiger partial charge in [-0.1, -0.05) is 160 Å². The van der Waals surface area contributed by atoms with Gasteiger partial charge in [-0.15, -0.1) is 0 Å². The molecule has 11 nitrogen and oxygen atoms in total. The van der Waals surface area contributed by atoms with Crippen LogP contribution in [0, 0.1) is 0 Å². The Labute approximate surface area is 361 Å². The molecule has 330 valence electrons. The molecule has 10 atom stereocenters. The maximum Gasteiger partial charge on any atom is 0.217 e. The van der Waals surface area contributed by atoms with Crippen molar-refractivity contribution < 1.29 is 47.8 Å². The van der Waals surface area contributed by atoms with E-state index in [1.54, 1.807) is 0 Å². The Morgan fingerprint density at radius 1 is 0.590 bits per heavy atom. The number of aliphatic hydroxyl groups excluding tert-OH is 1. The van der Waals surface area contributed by atoms with Gasteiger partial charge in [-0.05, 0) is 35.6 Å². The van der Waals surface area contributed by atoms with Crippen molar-refractivity contribution in [3.63, 3.8) is 0 Å². The second-order valence-corrected chi connectivity index (χ2v) is 16.0. The number of amides is 1. The van der Waals surface area contributed by atoms with Crippen LogP contribution >= 0.6 is 0 Å². The fourth-order valence-corrected chi connectivity index (χ4v) is 7.83. The number of carbonyl (C=O) groups excluding carboxylic acids is 1. The van der Waals surface area contributed by atoms with Crippen LogP contribution in [-0.4, -0.2) is 85.6 Å². The number of unbranched alkanes of at least 4 members (excludes halogenated alkanes) is 5. The molecule has 11 heteroatoms. The molecule has 0 unspecified atom stereocenters. The van der Waals surface area contributed by atoms with E-state index in [0.717, 1.165) is 41.5 Å². The molecule has 2 fully saturated rings. The van der Waals surface area contributed by atoms with Gasteiger partial charge in [0.15, 0.2) is 12.6 Å². The first-order valence-electron chi connectivity index (χ1n) is 22.0. The third-order valence-electron chi connectivity index (χ3n) is 11.1. The quantitative estimate of drug-likeness (QED) is 0.0671. The molecule has 2 aliphatic rings. The predicted octanol–water partition coefficient (Wildman–Crippen LogP) is 8.06. The highest BCUT2D eigenvalue weighted by Gasteiger charge is 2.53. The Kier molecular flexibility index (Phi) is 19.2. The zero-order valence-corrected chi connectivity index (χ0v) is 35.9. The van der Waals surface area contributed by atoms with Gasteiger partial charge < -0.3 is 48.3 Å². The first kappa shape index (κ1) is 46.5. The smallest absolute Gasteiger partial charge is 0.217 e. The van der Waals surface area contributed by atoms with Crippen LogP contribution in [0.1, 0.15) is 81.5 Å². The number of nitrogens with one attached hydrogen (secondary N) is 1. The van der Waals surface area contributed by atoms with Crippen molar-refractivity contribution in [2.45, 2.75) is 147 Å². The van der Waals surface area contributed by atoms with E-state index in [0.29, 0.717) is 19.8 Å². The van der Waals surface area contributed by atoms with Crippen molar-refractivity contribution in [3.8, 4) is 0 Å². The van der Waals surface area contributed by atoms with Gasteiger partial charge in [0.2, 0.25) is 5.91 Å². The van der Waals surface area contributed by atoms with Crippen LogP contribution < -0.4 is 5.32 Å². The van der Waals surface area contributed by atoms with Gasteiger partial charge in [0.1, 0.15) is 42.7 Å². The highest BCUT2D eigenvalue weighted by molar-refractivity contribution is 5.73. The molecular formula is C50H65NO10. The van der Waals surface area contributed by atoms with Crippen LogP contribution in [0.3, 0.4) is 0 Å². The van der Waals surface area contributed by atoms with Gasteiger partial charge >= 0.3 is 0 Å². The average Bonchev–Trinajstić information content (AvgIpc) is 3.28. The normalized spacial score (nSPS) is 26.5. The van der Waals surface area contributed by atoms with Crippen LogP contribution in [0.25, 0.3) is 0 Å². The Morgan fingerprint density at radius 2 is 1.08 bits per heavy atom. The number of benzene rings is 4. The summed E-state index contributed by atoms with van der Waals surface area (Å²) >= 11 is 0. The summed E-state index contributed by atoms with van der Waals surface area (Å²) < 4.78 is 52.9. The summed E-state index contributed by atoms with van der Waals surface area (Å²) in [4.78, 5) is 12.9. The fourth-order valence-electron chi connectivity index (χ4n) is 7.83. The second kappa shape index (κ2) is 25.2. The molecule has 0 radical (unpaired) electrons. The zero-order valence-electron chi connectivity index (χ0n) is 35.9. The molecule has 2 aliphatic heterocycles. The number of hydrogen-bond donors (Lipinski definition) is 2. The number of aliphatic hydroxyl groups is 1. The molecule has 0 aromatic heterocycles. The lowest BCUT2D eigenvalue weighted by Crippen LogP contribution is -2.68. The van der Waals surface area contributed by atoms with Crippen LogP contribution in [-0.2, 0) is 69.1 Å². The minimum absolute atomic E-state index is 0.0493. The molecule has 0 bridgehead atoms. The third-order valence-corrected chi connectivity index (χ3v) is 11.1. The van der Waals surface area contributed by atoms with Crippen molar-refractivity contribution in [3.05, 3.63) is 144 Å². The van der Waals surface area contributed by atoms with E-state index >= 15 is 0 Å². The fraction of sp³-hybridized carbons (Fsp3) is 0.500. The Balaban J connectivity index is 1.29. The van der Waals surface area contributed by atoms with E-state index in [4.69, 9.17) is 37.9 Å². The zero-order chi connectivity index (χ0) is 42.7. The summed E-state index contributed by atoms with van der Waals surface area (Å²) in [6, 6.07) is 38.7. The molecule has 2 heterocycles. The van der Waals surface area contributed by atoms with E-state index in [9.17, 15) is 9.90 Å². The van der Waals surface area contributed by atoms with E-state index in [1.165, 1.54) is 26.2 Å². The lowest BCUT2D eigenvalue weighted by molar-refractivity contribution is -0.355. The second-order valence-electron chi connectivity index (χ2n) is 16.0. The van der Waals surface area contributed by atoms with Crippen molar-refractivity contribution in [2.75, 3.05) is 13.2 Å². The van der Waals surface area contributed by atoms with Crippen molar-refractivity contribution in [2.24, 2.45) is 0 Å². The van der Waals surface area contributed by atoms with Gasteiger partial charge in [-0.3, -0.25) is 4.79 Å². The summed E-state index contributed by atoms with van der Waals surface area (Å²) in [5, 5.41) is 15.2. The lowest BCUT2D eigenvalue weighted by atomic mass is 9.95. The molecule has 4 aromatic rings. The first-order chi connectivity index (χ1) is 29.9. The highest BCUT2D eigenvalue weighted by Crippen LogP contribution is 2.34. The molecular weight excluding hydrogens is 775 g/mol. The van der Waals surface area contributed by atoms with E-state index in [1.807, 2.05) is 128 Å². The van der Waals surface area contributed by atoms with E-state index in [2.05, 4.69) is 12.2 Å². The predicted molar refractivity (Wildman–Crippen MR) is 232 cm³/mol. The largest absolute Gasteiger partial charge is 0.388 e. The van der Waals surface area contributed by atoms with E-state index < -0.39 is 61.3 Å². The Morgan fingerprint density at radius 3 is 1.62 bits per heavy atom. The highest BCUT2D eigenvalue weighted by atomic mass is 16.7. The minimum Gasteiger partial charge on any atom is -0.388 e. The van der Waals surface area contributed by atoms with Gasteiger partial charge in [0.25, 0.3) is 0 Å². The van der Waals surface area contributed by atoms with Crippen LogP contribution in [0.4, 0.5) is 0 Å². The van der Waals surface area contributed by atoms with Crippen LogP contribution in [0.15, 0.2) is 121 Å².